The van der Waals surface area contributed by atoms with E-state index in [1.54, 1.807) is 24.3 Å². The fourth-order valence-electron chi connectivity index (χ4n) is 2.42. The van der Waals surface area contributed by atoms with Crippen molar-refractivity contribution in [1.82, 2.24) is 9.78 Å². The van der Waals surface area contributed by atoms with Crippen molar-refractivity contribution in [3.05, 3.63) is 57.5 Å². The van der Waals surface area contributed by atoms with Crippen LogP contribution in [0.25, 0.3) is 0 Å². The molecule has 2 aromatic rings. The highest BCUT2D eigenvalue weighted by molar-refractivity contribution is 5.42. The number of nitrogens with zero attached hydrogens (tertiary/aromatic N) is 3. The molecule has 1 aromatic heterocycles. The van der Waals surface area contributed by atoms with Crippen molar-refractivity contribution in [3.63, 3.8) is 0 Å². The van der Waals surface area contributed by atoms with E-state index in [0.29, 0.717) is 11.3 Å². The molecule has 0 amide bonds. The maximum absolute atomic E-state index is 13.1. The number of para-hydroxylation sites is 1. The minimum Gasteiger partial charge on any atom is -0.490 e. The molecule has 3 rings (SSSR count). The number of ether oxygens (including phenoxy) is 1. The van der Waals surface area contributed by atoms with Crippen LogP contribution in [-0.2, 0) is 12.7 Å². The van der Waals surface area contributed by atoms with Crippen LogP contribution in [0.3, 0.4) is 0 Å². The Kier molecular flexibility index (Phi) is 4.49. The van der Waals surface area contributed by atoms with Crippen molar-refractivity contribution < 1.29 is 17.9 Å². The molecule has 130 valence electrons. The Hall–Kier alpha value is -2.82. The van der Waals surface area contributed by atoms with Gasteiger partial charge in [0.2, 0.25) is 0 Å². The van der Waals surface area contributed by atoms with E-state index in [9.17, 15) is 18.0 Å². The Balaban J connectivity index is 1.81. The second-order valence-electron chi connectivity index (χ2n) is 5.74. The lowest BCUT2D eigenvalue weighted by molar-refractivity contribution is -0.139. The van der Waals surface area contributed by atoms with Gasteiger partial charge in [0.15, 0.2) is 0 Å². The average molecular weight is 349 g/mol. The molecular weight excluding hydrogens is 335 g/mol. The summed E-state index contributed by atoms with van der Waals surface area (Å²) in [5.74, 6) is 0.292. The number of rotatable bonds is 5. The van der Waals surface area contributed by atoms with Gasteiger partial charge in [-0.15, -0.1) is 0 Å². The topological polar surface area (TPSA) is 67.9 Å². The fourth-order valence-corrected chi connectivity index (χ4v) is 2.42. The van der Waals surface area contributed by atoms with Gasteiger partial charge in [0.25, 0.3) is 5.56 Å². The summed E-state index contributed by atoms with van der Waals surface area (Å²) >= 11 is 0. The summed E-state index contributed by atoms with van der Waals surface area (Å²) in [6, 6.07) is 9.30. The molecule has 0 bridgehead atoms. The van der Waals surface area contributed by atoms with Crippen molar-refractivity contribution in [1.29, 1.82) is 5.26 Å². The minimum absolute atomic E-state index is 0.0202. The smallest absolute Gasteiger partial charge is 0.421 e. The zero-order chi connectivity index (χ0) is 18.0. The van der Waals surface area contributed by atoms with Crippen LogP contribution in [0.15, 0.2) is 35.1 Å². The summed E-state index contributed by atoms with van der Waals surface area (Å²) in [5, 5.41) is 13.0. The molecule has 8 heteroatoms. The maximum Gasteiger partial charge on any atom is 0.421 e. The number of hydrogen-bond acceptors (Lipinski definition) is 4. The highest BCUT2D eigenvalue weighted by atomic mass is 19.4. The van der Waals surface area contributed by atoms with Gasteiger partial charge in [-0.1, -0.05) is 12.1 Å². The van der Waals surface area contributed by atoms with Crippen LogP contribution in [0.2, 0.25) is 0 Å². The van der Waals surface area contributed by atoms with E-state index in [4.69, 9.17) is 10.00 Å². The van der Waals surface area contributed by atoms with Gasteiger partial charge in [-0.2, -0.15) is 23.5 Å². The highest BCUT2D eigenvalue weighted by Gasteiger charge is 2.37. The summed E-state index contributed by atoms with van der Waals surface area (Å²) in [4.78, 5) is 12.0. The van der Waals surface area contributed by atoms with E-state index in [1.165, 1.54) is 0 Å². The largest absolute Gasteiger partial charge is 0.490 e. The van der Waals surface area contributed by atoms with Crippen molar-refractivity contribution in [3.8, 4) is 11.8 Å². The van der Waals surface area contributed by atoms with Crippen molar-refractivity contribution in [2.75, 3.05) is 6.61 Å². The molecule has 1 fully saturated rings. The molecule has 0 atom stereocenters. The van der Waals surface area contributed by atoms with Crippen molar-refractivity contribution in [2.45, 2.75) is 31.5 Å². The monoisotopic (exact) mass is 349 g/mol. The Morgan fingerprint density at radius 2 is 2.04 bits per heavy atom. The summed E-state index contributed by atoms with van der Waals surface area (Å²) < 4.78 is 45.4. The third-order valence-electron chi connectivity index (χ3n) is 3.86. The normalized spacial score (nSPS) is 14.2. The number of benzene rings is 1. The average Bonchev–Trinajstić information content (AvgIpc) is 3.40. The molecule has 0 spiro atoms. The standard InChI is InChI=1S/C17H14F3N3O2/c18-17(19,20)13-9-14(11-5-6-11)22-23(16(13)24)7-8-25-15-4-2-1-3-12(15)10-21/h1-4,9,11H,5-8H2. The van der Waals surface area contributed by atoms with Crippen LogP contribution in [0.4, 0.5) is 13.2 Å². The zero-order valence-electron chi connectivity index (χ0n) is 13.1. The summed E-state index contributed by atoms with van der Waals surface area (Å²) in [7, 11) is 0. The van der Waals surface area contributed by atoms with Gasteiger partial charge in [0, 0.05) is 5.92 Å². The first-order valence-electron chi connectivity index (χ1n) is 7.71. The Bertz CT molecular complexity index is 880. The van der Waals surface area contributed by atoms with E-state index in [-0.39, 0.29) is 24.8 Å². The van der Waals surface area contributed by atoms with Gasteiger partial charge in [-0.3, -0.25) is 4.79 Å². The lowest BCUT2D eigenvalue weighted by atomic mass is 10.2. The lowest BCUT2D eigenvalue weighted by Gasteiger charge is -2.13. The Morgan fingerprint density at radius 3 is 2.68 bits per heavy atom. The zero-order valence-corrected chi connectivity index (χ0v) is 13.1. The first-order valence-corrected chi connectivity index (χ1v) is 7.71. The molecule has 1 aliphatic carbocycles. The molecule has 1 heterocycles. The molecule has 0 radical (unpaired) electrons. The van der Waals surface area contributed by atoms with E-state index < -0.39 is 17.3 Å². The van der Waals surface area contributed by atoms with Crippen LogP contribution in [0, 0.1) is 11.3 Å². The molecule has 5 nitrogen and oxygen atoms in total. The third kappa shape index (κ3) is 3.82. The fraction of sp³-hybridized carbons (Fsp3) is 0.353. The number of nitriles is 1. The van der Waals surface area contributed by atoms with Crippen LogP contribution >= 0.6 is 0 Å². The minimum atomic E-state index is -4.72. The summed E-state index contributed by atoms with van der Waals surface area (Å²) in [6.07, 6.45) is -3.18. The third-order valence-corrected chi connectivity index (χ3v) is 3.86. The maximum atomic E-state index is 13.1. The quantitative estimate of drug-likeness (QED) is 0.832. The van der Waals surface area contributed by atoms with E-state index in [0.717, 1.165) is 23.6 Å². The molecule has 0 unspecified atom stereocenters. The van der Waals surface area contributed by atoms with Gasteiger partial charge in [0.05, 0.1) is 17.8 Å². The summed E-state index contributed by atoms with van der Waals surface area (Å²) in [6.45, 7) is -0.209. The lowest BCUT2D eigenvalue weighted by Crippen LogP contribution is -2.33. The molecule has 0 saturated heterocycles. The second-order valence-corrected chi connectivity index (χ2v) is 5.74. The van der Waals surface area contributed by atoms with Gasteiger partial charge >= 0.3 is 6.18 Å². The molecular formula is C17H14F3N3O2. The number of aromatic nitrogens is 2. The Labute approximate surface area is 141 Å². The first kappa shape index (κ1) is 17.0. The number of halogens is 3. The molecule has 0 aliphatic heterocycles. The van der Waals surface area contributed by atoms with Crippen molar-refractivity contribution >= 4 is 0 Å². The van der Waals surface area contributed by atoms with Gasteiger partial charge in [-0.25, -0.2) is 4.68 Å². The SMILES string of the molecule is N#Cc1ccccc1OCCn1nc(C2CC2)cc(C(F)(F)F)c1=O. The van der Waals surface area contributed by atoms with E-state index in [1.807, 2.05) is 6.07 Å². The first-order chi connectivity index (χ1) is 11.9. The molecule has 1 aromatic carbocycles. The van der Waals surface area contributed by atoms with E-state index >= 15 is 0 Å². The number of alkyl halides is 3. The summed E-state index contributed by atoms with van der Waals surface area (Å²) in [5.41, 5.74) is -1.80. The van der Waals surface area contributed by atoms with Gasteiger partial charge in [0.1, 0.15) is 24.0 Å². The predicted molar refractivity (Wildman–Crippen MR) is 82.1 cm³/mol. The van der Waals surface area contributed by atoms with Gasteiger partial charge < -0.3 is 4.74 Å². The van der Waals surface area contributed by atoms with Crippen LogP contribution in [0.5, 0.6) is 5.75 Å². The second kappa shape index (κ2) is 6.59. The van der Waals surface area contributed by atoms with Crippen LogP contribution < -0.4 is 10.3 Å². The molecule has 25 heavy (non-hydrogen) atoms. The van der Waals surface area contributed by atoms with Gasteiger partial charge in [-0.05, 0) is 31.0 Å². The van der Waals surface area contributed by atoms with Crippen LogP contribution in [0.1, 0.15) is 35.6 Å². The van der Waals surface area contributed by atoms with Crippen molar-refractivity contribution in [2.24, 2.45) is 0 Å². The van der Waals surface area contributed by atoms with Crippen LogP contribution in [-0.4, -0.2) is 16.4 Å². The molecule has 1 aliphatic rings. The molecule has 1 saturated carbocycles. The predicted octanol–water partition coefficient (Wildman–Crippen LogP) is 3.09. The molecule has 0 N–H and O–H groups in total. The highest BCUT2D eigenvalue weighted by Crippen LogP contribution is 2.40. The number of hydrogen-bond donors (Lipinski definition) is 0. The Morgan fingerprint density at radius 1 is 1.32 bits per heavy atom. The van der Waals surface area contributed by atoms with E-state index in [2.05, 4.69) is 5.10 Å².